The largest absolute Gasteiger partial charge is 0.380 e. The van der Waals surface area contributed by atoms with E-state index in [2.05, 4.69) is 5.32 Å². The van der Waals surface area contributed by atoms with E-state index in [0.29, 0.717) is 5.02 Å². The fourth-order valence-electron chi connectivity index (χ4n) is 1.43. The molecule has 0 radical (unpaired) electrons. The van der Waals surface area contributed by atoms with Crippen LogP contribution in [0.1, 0.15) is 0 Å². The van der Waals surface area contributed by atoms with Gasteiger partial charge in [-0.1, -0.05) is 11.6 Å². The van der Waals surface area contributed by atoms with Gasteiger partial charge in [-0.2, -0.15) is 0 Å². The number of anilines is 1. The molecule has 1 aliphatic heterocycles. The van der Waals surface area contributed by atoms with Gasteiger partial charge in [0.05, 0.1) is 17.5 Å². The number of rotatable bonds is 2. The summed E-state index contributed by atoms with van der Waals surface area (Å²) in [6, 6.07) is 7.29. The lowest BCUT2D eigenvalue weighted by molar-refractivity contribution is 0.570. The number of hydrogen-bond acceptors (Lipinski definition) is 3. The van der Waals surface area contributed by atoms with Crippen molar-refractivity contribution in [3.05, 3.63) is 29.3 Å². The predicted octanol–water partition coefficient (Wildman–Crippen LogP) is 1.55. The summed E-state index contributed by atoms with van der Waals surface area (Å²) >= 11 is 5.72. The van der Waals surface area contributed by atoms with Crippen LogP contribution in [0.15, 0.2) is 24.3 Å². The third-order valence-electron chi connectivity index (χ3n) is 2.13. The molecule has 3 nitrogen and oxygen atoms in total. The first-order valence-corrected chi connectivity index (χ1v) is 6.48. The lowest BCUT2D eigenvalue weighted by Gasteiger charge is -2.27. The van der Waals surface area contributed by atoms with Gasteiger partial charge >= 0.3 is 0 Å². The zero-order valence-electron chi connectivity index (χ0n) is 7.40. The van der Waals surface area contributed by atoms with Crippen molar-refractivity contribution in [3.63, 3.8) is 0 Å². The monoisotopic (exact) mass is 231 g/mol. The van der Waals surface area contributed by atoms with E-state index in [4.69, 9.17) is 11.6 Å². The van der Waals surface area contributed by atoms with Crippen molar-refractivity contribution in [2.45, 2.75) is 6.04 Å². The Hall–Kier alpha value is -0.740. The molecule has 0 aromatic heterocycles. The van der Waals surface area contributed by atoms with Gasteiger partial charge in [0, 0.05) is 10.7 Å². The van der Waals surface area contributed by atoms with Gasteiger partial charge in [0.1, 0.15) is 0 Å². The first-order chi connectivity index (χ1) is 6.55. The topological polar surface area (TPSA) is 46.2 Å². The van der Waals surface area contributed by atoms with Crippen molar-refractivity contribution in [1.82, 2.24) is 0 Å². The molecule has 0 saturated carbocycles. The summed E-state index contributed by atoms with van der Waals surface area (Å²) in [6.07, 6.45) is 0. The molecule has 0 atom stereocenters. The quantitative estimate of drug-likeness (QED) is 0.840. The highest BCUT2D eigenvalue weighted by atomic mass is 35.5. The van der Waals surface area contributed by atoms with Gasteiger partial charge in [-0.3, -0.25) is 0 Å². The van der Waals surface area contributed by atoms with Crippen molar-refractivity contribution in [3.8, 4) is 0 Å². The third-order valence-corrected chi connectivity index (χ3v) is 4.20. The van der Waals surface area contributed by atoms with E-state index in [1.807, 2.05) is 12.1 Å². The smallest absolute Gasteiger partial charge is 0.154 e. The van der Waals surface area contributed by atoms with E-state index in [9.17, 15) is 8.42 Å². The maximum absolute atomic E-state index is 10.9. The Morgan fingerprint density at radius 3 is 2.29 bits per heavy atom. The van der Waals surface area contributed by atoms with Crippen molar-refractivity contribution in [2.24, 2.45) is 0 Å². The second-order valence-corrected chi connectivity index (χ2v) is 6.02. The Labute approximate surface area is 88.0 Å². The molecule has 1 heterocycles. The lowest BCUT2D eigenvalue weighted by Crippen LogP contribution is -2.46. The summed E-state index contributed by atoms with van der Waals surface area (Å²) < 4.78 is 21.8. The number of nitrogens with one attached hydrogen (secondary N) is 1. The van der Waals surface area contributed by atoms with Gasteiger partial charge in [0.25, 0.3) is 0 Å². The Kier molecular flexibility index (Phi) is 2.41. The minimum atomic E-state index is -2.75. The van der Waals surface area contributed by atoms with Crippen LogP contribution in [-0.4, -0.2) is 26.0 Å². The standard InChI is InChI=1S/C9H10ClNO2S/c10-7-1-3-8(4-2-7)11-9-5-14(12,13)6-9/h1-4,9,11H,5-6H2. The van der Waals surface area contributed by atoms with E-state index in [0.717, 1.165) is 5.69 Å². The normalized spacial score (nSPS) is 20.1. The van der Waals surface area contributed by atoms with E-state index in [1.165, 1.54) is 0 Å². The molecule has 1 aromatic carbocycles. The van der Waals surface area contributed by atoms with Crippen LogP contribution in [0.5, 0.6) is 0 Å². The van der Waals surface area contributed by atoms with Crippen LogP contribution >= 0.6 is 11.6 Å². The summed E-state index contributed by atoms with van der Waals surface area (Å²) in [5.41, 5.74) is 0.911. The second kappa shape index (κ2) is 3.44. The zero-order valence-corrected chi connectivity index (χ0v) is 8.98. The molecule has 0 amide bonds. The van der Waals surface area contributed by atoms with Crippen LogP contribution in [0.25, 0.3) is 0 Å². The summed E-state index contributed by atoms with van der Waals surface area (Å²) in [7, 11) is -2.75. The highest BCUT2D eigenvalue weighted by molar-refractivity contribution is 7.92. The minimum absolute atomic E-state index is 0.0566. The summed E-state index contributed by atoms with van der Waals surface area (Å²) in [5, 5.41) is 3.80. The molecular weight excluding hydrogens is 222 g/mol. The number of benzene rings is 1. The molecule has 1 aliphatic rings. The first kappa shape index (κ1) is 9.80. The minimum Gasteiger partial charge on any atom is -0.380 e. The molecule has 5 heteroatoms. The molecule has 0 spiro atoms. The molecule has 1 aromatic rings. The summed E-state index contributed by atoms with van der Waals surface area (Å²) in [6.45, 7) is 0. The van der Waals surface area contributed by atoms with Crippen molar-refractivity contribution >= 4 is 27.1 Å². The molecule has 0 unspecified atom stereocenters. The molecular formula is C9H10ClNO2S. The highest BCUT2D eigenvalue weighted by Crippen LogP contribution is 2.18. The van der Waals surface area contributed by atoms with Gasteiger partial charge in [-0.15, -0.1) is 0 Å². The fraction of sp³-hybridized carbons (Fsp3) is 0.333. The molecule has 14 heavy (non-hydrogen) atoms. The SMILES string of the molecule is O=S1(=O)CC(Nc2ccc(Cl)cc2)C1. The van der Waals surface area contributed by atoms with Crippen LogP contribution in [-0.2, 0) is 9.84 Å². The lowest BCUT2D eigenvalue weighted by atomic mass is 10.3. The summed E-state index contributed by atoms with van der Waals surface area (Å²) in [5.74, 6) is 0.464. The molecule has 1 fully saturated rings. The summed E-state index contributed by atoms with van der Waals surface area (Å²) in [4.78, 5) is 0. The van der Waals surface area contributed by atoms with Crippen LogP contribution in [0.2, 0.25) is 5.02 Å². The molecule has 2 rings (SSSR count). The second-order valence-electron chi connectivity index (χ2n) is 3.43. The van der Waals surface area contributed by atoms with Gasteiger partial charge in [0.15, 0.2) is 9.84 Å². The molecule has 0 aliphatic carbocycles. The zero-order chi connectivity index (χ0) is 10.2. The molecule has 1 saturated heterocycles. The average Bonchev–Trinajstić information content (AvgIpc) is 2.06. The number of sulfone groups is 1. The average molecular weight is 232 g/mol. The molecule has 0 bridgehead atoms. The predicted molar refractivity (Wildman–Crippen MR) is 57.5 cm³/mol. The Bertz CT molecular complexity index is 415. The molecule has 1 N–H and O–H groups in total. The Morgan fingerprint density at radius 1 is 1.21 bits per heavy atom. The van der Waals surface area contributed by atoms with Gasteiger partial charge < -0.3 is 5.32 Å². The number of hydrogen-bond donors (Lipinski definition) is 1. The Balaban J connectivity index is 1.97. The van der Waals surface area contributed by atoms with E-state index in [-0.39, 0.29) is 17.5 Å². The Morgan fingerprint density at radius 2 is 1.79 bits per heavy atom. The van der Waals surface area contributed by atoms with Crippen LogP contribution in [0.3, 0.4) is 0 Å². The third kappa shape index (κ3) is 2.19. The highest BCUT2D eigenvalue weighted by Gasteiger charge is 2.32. The van der Waals surface area contributed by atoms with Crippen LogP contribution in [0.4, 0.5) is 5.69 Å². The van der Waals surface area contributed by atoms with Gasteiger partial charge in [-0.25, -0.2) is 8.42 Å². The van der Waals surface area contributed by atoms with Gasteiger partial charge in [0.2, 0.25) is 0 Å². The van der Waals surface area contributed by atoms with Crippen LogP contribution < -0.4 is 5.32 Å². The molecule has 76 valence electrons. The maximum Gasteiger partial charge on any atom is 0.154 e. The van der Waals surface area contributed by atoms with E-state index in [1.54, 1.807) is 12.1 Å². The van der Waals surface area contributed by atoms with E-state index < -0.39 is 9.84 Å². The number of halogens is 1. The first-order valence-electron chi connectivity index (χ1n) is 4.28. The van der Waals surface area contributed by atoms with Crippen molar-refractivity contribution < 1.29 is 8.42 Å². The maximum atomic E-state index is 10.9. The van der Waals surface area contributed by atoms with Crippen LogP contribution in [0, 0.1) is 0 Å². The van der Waals surface area contributed by atoms with Gasteiger partial charge in [-0.05, 0) is 24.3 Å². The fourth-order valence-corrected chi connectivity index (χ4v) is 2.85. The van der Waals surface area contributed by atoms with Crippen molar-refractivity contribution in [1.29, 1.82) is 0 Å². The van der Waals surface area contributed by atoms with Crippen molar-refractivity contribution in [2.75, 3.05) is 16.8 Å². The van der Waals surface area contributed by atoms with E-state index >= 15 is 0 Å².